The third-order valence-electron chi connectivity index (χ3n) is 4.33. The molecule has 28 heavy (non-hydrogen) atoms. The van der Waals surface area contributed by atoms with Crippen molar-refractivity contribution in [2.45, 2.75) is 31.6 Å². The lowest BCUT2D eigenvalue weighted by atomic mass is 10.2. The molecule has 2 heterocycles. The fraction of sp³-hybridized carbons (Fsp3) is 0.294. The Labute approximate surface area is 162 Å². The summed E-state index contributed by atoms with van der Waals surface area (Å²) in [4.78, 5) is 12.5. The number of aromatic nitrogens is 5. The first-order valence-electron chi connectivity index (χ1n) is 8.42. The van der Waals surface area contributed by atoms with Crippen molar-refractivity contribution in [2.24, 2.45) is 0 Å². The quantitative estimate of drug-likeness (QED) is 0.699. The van der Waals surface area contributed by atoms with Gasteiger partial charge >= 0.3 is 6.18 Å². The lowest BCUT2D eigenvalue weighted by Crippen LogP contribution is -2.27. The predicted molar refractivity (Wildman–Crippen MR) is 93.0 cm³/mol. The van der Waals surface area contributed by atoms with Gasteiger partial charge in [-0.2, -0.15) is 18.3 Å². The van der Waals surface area contributed by atoms with E-state index in [1.807, 2.05) is 4.57 Å². The number of hydrogen-bond acceptors (Lipinski definition) is 4. The Morgan fingerprint density at radius 1 is 1.32 bits per heavy atom. The minimum absolute atomic E-state index is 0.0328. The van der Waals surface area contributed by atoms with E-state index in [9.17, 15) is 18.0 Å². The van der Waals surface area contributed by atoms with Crippen molar-refractivity contribution in [1.29, 1.82) is 0 Å². The van der Waals surface area contributed by atoms with Crippen LogP contribution in [-0.2, 0) is 12.7 Å². The predicted octanol–water partition coefficient (Wildman–Crippen LogP) is 3.40. The second-order valence-corrected chi connectivity index (χ2v) is 6.80. The topological polar surface area (TPSA) is 77.6 Å². The van der Waals surface area contributed by atoms with Gasteiger partial charge in [0.1, 0.15) is 6.33 Å². The van der Waals surface area contributed by atoms with Crippen molar-refractivity contribution in [3.8, 4) is 5.69 Å². The highest BCUT2D eigenvalue weighted by molar-refractivity contribution is 6.30. The highest BCUT2D eigenvalue weighted by atomic mass is 35.5. The van der Waals surface area contributed by atoms with E-state index in [1.54, 1.807) is 6.33 Å². The van der Waals surface area contributed by atoms with Gasteiger partial charge in [0.15, 0.2) is 11.5 Å². The Balaban J connectivity index is 1.61. The molecule has 1 saturated carbocycles. The van der Waals surface area contributed by atoms with E-state index in [0.717, 1.165) is 19.0 Å². The average Bonchev–Trinajstić information content (AvgIpc) is 3.19. The molecule has 0 unspecified atom stereocenters. The molecule has 3 aromatic rings. The molecular formula is C17H14ClF3N6O. The summed E-state index contributed by atoms with van der Waals surface area (Å²) in [6, 6.07) is 6.09. The van der Waals surface area contributed by atoms with Crippen molar-refractivity contribution in [2.75, 3.05) is 0 Å². The largest absolute Gasteiger partial charge is 0.434 e. The van der Waals surface area contributed by atoms with Crippen LogP contribution in [0.2, 0.25) is 5.02 Å². The number of nitrogens with zero attached hydrogens (tertiary/aromatic N) is 5. The molecular weight excluding hydrogens is 397 g/mol. The van der Waals surface area contributed by atoms with Gasteiger partial charge in [-0.1, -0.05) is 17.7 Å². The standard InChI is InChI=1S/C17H14ClF3N6O/c18-10-2-1-3-12(6-10)27-15(17(19,20)21)13(7-24-27)16(28)22-8-14-25-23-9-26(14)11-4-5-11/h1-3,6-7,9,11H,4-5,8H2,(H,22,28). The number of nitrogens with one attached hydrogen (secondary N) is 1. The smallest absolute Gasteiger partial charge is 0.345 e. The second-order valence-electron chi connectivity index (χ2n) is 6.36. The molecule has 1 aliphatic rings. The molecule has 1 aromatic carbocycles. The van der Waals surface area contributed by atoms with Gasteiger partial charge in [-0.25, -0.2) is 4.68 Å². The van der Waals surface area contributed by atoms with Gasteiger partial charge in [-0.05, 0) is 31.0 Å². The van der Waals surface area contributed by atoms with Gasteiger partial charge < -0.3 is 9.88 Å². The summed E-state index contributed by atoms with van der Waals surface area (Å²) < 4.78 is 43.5. The van der Waals surface area contributed by atoms with Crippen molar-refractivity contribution < 1.29 is 18.0 Å². The highest BCUT2D eigenvalue weighted by Gasteiger charge is 2.40. The Morgan fingerprint density at radius 2 is 2.11 bits per heavy atom. The molecule has 0 radical (unpaired) electrons. The van der Waals surface area contributed by atoms with Crippen LogP contribution < -0.4 is 5.32 Å². The van der Waals surface area contributed by atoms with Crippen LogP contribution in [0.25, 0.3) is 5.69 Å². The van der Waals surface area contributed by atoms with Crippen LogP contribution >= 0.6 is 11.6 Å². The Morgan fingerprint density at radius 3 is 2.79 bits per heavy atom. The summed E-state index contributed by atoms with van der Waals surface area (Å²) in [6.45, 7) is -0.0328. The normalized spacial score (nSPS) is 14.3. The van der Waals surface area contributed by atoms with Crippen molar-refractivity contribution in [3.05, 3.63) is 58.9 Å². The van der Waals surface area contributed by atoms with E-state index < -0.39 is 23.3 Å². The van der Waals surface area contributed by atoms with Gasteiger partial charge in [0.2, 0.25) is 0 Å². The zero-order valence-corrected chi connectivity index (χ0v) is 15.1. The number of carbonyl (C=O) groups is 1. The molecule has 0 aliphatic heterocycles. The summed E-state index contributed by atoms with van der Waals surface area (Å²) in [6.07, 6.45) is -0.366. The first-order valence-corrected chi connectivity index (χ1v) is 8.80. The number of halogens is 4. The van der Waals surface area contributed by atoms with Crippen LogP contribution in [0.5, 0.6) is 0 Å². The molecule has 2 aromatic heterocycles. The molecule has 7 nitrogen and oxygen atoms in total. The number of alkyl halides is 3. The molecule has 11 heteroatoms. The van der Waals surface area contributed by atoms with Crippen LogP contribution in [0.1, 0.15) is 40.8 Å². The van der Waals surface area contributed by atoms with E-state index in [2.05, 4.69) is 20.6 Å². The van der Waals surface area contributed by atoms with E-state index in [4.69, 9.17) is 11.6 Å². The first-order chi connectivity index (χ1) is 13.3. The summed E-state index contributed by atoms with van der Waals surface area (Å²) in [5.74, 6) is -0.405. The first kappa shape index (κ1) is 18.5. The molecule has 0 spiro atoms. The van der Waals surface area contributed by atoms with Crippen molar-refractivity contribution in [1.82, 2.24) is 29.9 Å². The molecule has 1 N–H and O–H groups in total. The Kier molecular flexibility index (Phi) is 4.58. The molecule has 4 rings (SSSR count). The van der Waals surface area contributed by atoms with E-state index >= 15 is 0 Å². The second kappa shape index (κ2) is 6.93. The van der Waals surface area contributed by atoms with E-state index in [0.29, 0.717) is 16.5 Å². The lowest BCUT2D eigenvalue weighted by molar-refractivity contribution is -0.143. The Bertz CT molecular complexity index is 1020. The van der Waals surface area contributed by atoms with Gasteiger partial charge in [-0.3, -0.25) is 4.79 Å². The molecule has 1 amide bonds. The van der Waals surface area contributed by atoms with Gasteiger partial charge in [-0.15, -0.1) is 10.2 Å². The molecule has 0 bridgehead atoms. The van der Waals surface area contributed by atoms with Crippen LogP contribution in [0.3, 0.4) is 0 Å². The summed E-state index contributed by atoms with van der Waals surface area (Å²) in [5, 5.41) is 14.2. The van der Waals surface area contributed by atoms with Crippen LogP contribution in [0.15, 0.2) is 36.8 Å². The number of rotatable bonds is 5. The minimum Gasteiger partial charge on any atom is -0.345 e. The van der Waals surface area contributed by atoms with Crippen LogP contribution in [0.4, 0.5) is 13.2 Å². The molecule has 1 fully saturated rings. The fourth-order valence-electron chi connectivity index (χ4n) is 2.90. The van der Waals surface area contributed by atoms with Crippen molar-refractivity contribution in [3.63, 3.8) is 0 Å². The third kappa shape index (κ3) is 3.59. The maximum absolute atomic E-state index is 13.7. The molecule has 146 valence electrons. The van der Waals surface area contributed by atoms with Crippen LogP contribution in [0, 0.1) is 0 Å². The maximum atomic E-state index is 13.7. The van der Waals surface area contributed by atoms with Crippen molar-refractivity contribution >= 4 is 17.5 Å². The molecule has 1 aliphatic carbocycles. The Hall–Kier alpha value is -2.88. The van der Waals surface area contributed by atoms with Crippen LogP contribution in [-0.4, -0.2) is 30.5 Å². The number of hydrogen-bond donors (Lipinski definition) is 1. The molecule has 0 atom stereocenters. The highest BCUT2D eigenvalue weighted by Crippen LogP contribution is 2.35. The SMILES string of the molecule is O=C(NCc1nncn1C1CC1)c1cnn(-c2cccc(Cl)c2)c1C(F)(F)F. The zero-order valence-electron chi connectivity index (χ0n) is 14.3. The maximum Gasteiger partial charge on any atom is 0.434 e. The third-order valence-corrected chi connectivity index (χ3v) is 4.56. The van der Waals surface area contributed by atoms with Gasteiger partial charge in [0.25, 0.3) is 5.91 Å². The zero-order chi connectivity index (χ0) is 19.9. The van der Waals surface area contributed by atoms with Gasteiger partial charge in [0.05, 0.1) is 24.0 Å². The monoisotopic (exact) mass is 410 g/mol. The summed E-state index contributed by atoms with van der Waals surface area (Å²) in [7, 11) is 0. The number of amides is 1. The summed E-state index contributed by atoms with van der Waals surface area (Å²) in [5.41, 5.74) is -1.65. The number of benzene rings is 1. The minimum atomic E-state index is -4.79. The lowest BCUT2D eigenvalue weighted by Gasteiger charge is -2.13. The summed E-state index contributed by atoms with van der Waals surface area (Å²) >= 11 is 5.87. The van der Waals surface area contributed by atoms with Gasteiger partial charge in [0, 0.05) is 11.1 Å². The average molecular weight is 411 g/mol. The van der Waals surface area contributed by atoms with E-state index in [1.165, 1.54) is 24.3 Å². The number of carbonyl (C=O) groups excluding carboxylic acids is 1. The molecule has 0 saturated heterocycles. The fourth-order valence-corrected chi connectivity index (χ4v) is 3.08. The van der Waals surface area contributed by atoms with E-state index in [-0.39, 0.29) is 17.3 Å².